The molecule has 4 rings (SSSR count). The monoisotopic (exact) mass is 392 g/mol. The normalized spacial score (nSPS) is 24.0. The molecule has 0 bridgehead atoms. The lowest BCUT2D eigenvalue weighted by molar-refractivity contribution is 0.255. The molecule has 2 aliphatic rings. The van der Waals surface area contributed by atoms with Crippen LogP contribution in [0.4, 0.5) is 16.2 Å². The maximum absolute atomic E-state index is 13.2. The predicted molar refractivity (Wildman–Crippen MR) is 101 cm³/mol. The molecule has 2 saturated heterocycles. The van der Waals surface area contributed by atoms with E-state index in [-0.39, 0.29) is 17.5 Å². The average Bonchev–Trinajstić information content (AvgIpc) is 3.04. The second-order valence-corrected chi connectivity index (χ2v) is 9.00. The number of fused-ring (bicyclic) bond motifs is 1. The lowest BCUT2D eigenvalue weighted by Gasteiger charge is -2.23. The van der Waals surface area contributed by atoms with Gasteiger partial charge in [-0.25, -0.2) is 13.2 Å². The van der Waals surface area contributed by atoms with Gasteiger partial charge < -0.3 is 4.74 Å². The number of nitrogens with zero attached hydrogens (tertiary/aromatic N) is 2. The summed E-state index contributed by atoms with van der Waals surface area (Å²) in [5, 5.41) is 0.556. The number of ether oxygens (including phenoxy) is 1. The molecule has 6 nitrogen and oxygen atoms in total. The highest BCUT2D eigenvalue weighted by Crippen LogP contribution is 2.38. The minimum absolute atomic E-state index is 0.0491. The van der Waals surface area contributed by atoms with Gasteiger partial charge in [0.1, 0.15) is 5.75 Å². The lowest BCUT2D eigenvalue weighted by atomic mass is 10.1. The van der Waals surface area contributed by atoms with Crippen LogP contribution in [0.25, 0.3) is 0 Å². The minimum Gasteiger partial charge on any atom is -0.497 e. The molecule has 2 fully saturated rings. The maximum atomic E-state index is 13.2. The molecule has 0 N–H and O–H groups in total. The Kier molecular flexibility index (Phi) is 4.08. The Bertz CT molecular complexity index is 961. The fraction of sp³-hybridized carbons (Fsp3) is 0.278. The fourth-order valence-corrected chi connectivity index (χ4v) is 5.71. The molecule has 2 heterocycles. The first-order valence-corrected chi connectivity index (χ1v) is 10.3. The number of halogens is 1. The Hall–Kier alpha value is -2.25. The zero-order chi connectivity index (χ0) is 18.5. The third-order valence-electron chi connectivity index (χ3n) is 4.81. The molecule has 0 radical (unpaired) electrons. The molecule has 8 heteroatoms. The van der Waals surface area contributed by atoms with Gasteiger partial charge in [-0.15, -0.1) is 0 Å². The summed E-state index contributed by atoms with van der Waals surface area (Å²) in [6.45, 7) is 0. The number of carbonyl (C=O) groups is 1. The van der Waals surface area contributed by atoms with Crippen molar-refractivity contribution in [3.63, 3.8) is 0 Å². The van der Waals surface area contributed by atoms with Crippen molar-refractivity contribution in [1.29, 1.82) is 0 Å². The number of carbonyl (C=O) groups excluding carboxylic acids is 1. The van der Waals surface area contributed by atoms with Gasteiger partial charge in [-0.2, -0.15) is 0 Å². The van der Waals surface area contributed by atoms with E-state index in [9.17, 15) is 13.2 Å². The van der Waals surface area contributed by atoms with Gasteiger partial charge in [0, 0.05) is 22.5 Å². The van der Waals surface area contributed by atoms with Crippen LogP contribution in [0.15, 0.2) is 48.5 Å². The molecule has 0 spiro atoms. The number of amides is 2. The molecule has 0 aromatic heterocycles. The standard InChI is InChI=1S/C18H17ClN2O4S/c1-25-15-4-2-3-14(9-15)21-17-11-26(23,24)10-16(17)20(18(21)22)13-7-5-12(19)6-8-13/h2-9,16-17H,10-11H2,1H3. The second-order valence-electron chi connectivity index (χ2n) is 6.41. The number of hydrogen-bond acceptors (Lipinski definition) is 4. The van der Waals surface area contributed by atoms with E-state index in [0.717, 1.165) is 0 Å². The van der Waals surface area contributed by atoms with E-state index >= 15 is 0 Å². The van der Waals surface area contributed by atoms with Crippen molar-refractivity contribution in [2.45, 2.75) is 12.1 Å². The van der Waals surface area contributed by atoms with Crippen LogP contribution in [0, 0.1) is 0 Å². The number of sulfone groups is 1. The minimum atomic E-state index is -3.23. The topological polar surface area (TPSA) is 66.9 Å². The fourth-order valence-electron chi connectivity index (χ4n) is 3.67. The van der Waals surface area contributed by atoms with Crippen LogP contribution in [0.1, 0.15) is 0 Å². The van der Waals surface area contributed by atoms with Gasteiger partial charge in [-0.05, 0) is 36.4 Å². The average molecular weight is 393 g/mol. The molecule has 0 saturated carbocycles. The van der Waals surface area contributed by atoms with Crippen LogP contribution in [-0.4, -0.2) is 45.1 Å². The van der Waals surface area contributed by atoms with Gasteiger partial charge in [0.25, 0.3) is 0 Å². The Morgan fingerprint density at radius 2 is 1.62 bits per heavy atom. The molecule has 26 heavy (non-hydrogen) atoms. The summed E-state index contributed by atoms with van der Waals surface area (Å²) < 4.78 is 29.8. The predicted octanol–water partition coefficient (Wildman–Crippen LogP) is 2.96. The summed E-state index contributed by atoms with van der Waals surface area (Å²) in [5.74, 6) is 0.509. The Balaban J connectivity index is 1.80. The number of benzene rings is 2. The first kappa shape index (κ1) is 17.2. The lowest BCUT2D eigenvalue weighted by Crippen LogP contribution is -2.37. The van der Waals surface area contributed by atoms with Gasteiger partial charge in [0.05, 0.1) is 30.7 Å². The van der Waals surface area contributed by atoms with Crippen molar-refractivity contribution in [3.05, 3.63) is 53.6 Å². The number of anilines is 2. The van der Waals surface area contributed by atoms with Crippen molar-refractivity contribution in [1.82, 2.24) is 0 Å². The zero-order valence-electron chi connectivity index (χ0n) is 14.0. The summed E-state index contributed by atoms with van der Waals surface area (Å²) >= 11 is 5.95. The van der Waals surface area contributed by atoms with Crippen molar-refractivity contribution in [2.24, 2.45) is 0 Å². The largest absolute Gasteiger partial charge is 0.497 e. The summed E-state index contributed by atoms with van der Waals surface area (Å²) in [4.78, 5) is 16.3. The molecule has 2 aliphatic heterocycles. The number of methoxy groups -OCH3 is 1. The molecule has 0 aliphatic carbocycles. The molecule has 136 valence electrons. The Morgan fingerprint density at radius 3 is 2.23 bits per heavy atom. The van der Waals surface area contributed by atoms with E-state index < -0.39 is 21.9 Å². The highest BCUT2D eigenvalue weighted by molar-refractivity contribution is 7.91. The highest BCUT2D eigenvalue weighted by Gasteiger charge is 2.54. The van der Waals surface area contributed by atoms with Crippen LogP contribution in [0.2, 0.25) is 5.02 Å². The molecule has 2 atom stereocenters. The van der Waals surface area contributed by atoms with Crippen LogP contribution < -0.4 is 14.5 Å². The van der Waals surface area contributed by atoms with Crippen molar-refractivity contribution < 1.29 is 17.9 Å². The van der Waals surface area contributed by atoms with Gasteiger partial charge in [0.15, 0.2) is 9.84 Å². The molecular formula is C18H17ClN2O4S. The summed E-state index contributed by atoms with van der Waals surface area (Å²) in [6, 6.07) is 12.8. The van der Waals surface area contributed by atoms with Crippen LogP contribution in [-0.2, 0) is 9.84 Å². The van der Waals surface area contributed by atoms with Crippen molar-refractivity contribution in [2.75, 3.05) is 28.4 Å². The first-order chi connectivity index (χ1) is 12.4. The Labute approximate surface area is 156 Å². The van der Waals surface area contributed by atoms with Gasteiger partial charge in [-0.1, -0.05) is 17.7 Å². The second kappa shape index (κ2) is 6.17. The quantitative estimate of drug-likeness (QED) is 0.753. The van der Waals surface area contributed by atoms with Gasteiger partial charge >= 0.3 is 6.03 Å². The summed E-state index contributed by atoms with van der Waals surface area (Å²) in [6.07, 6.45) is 0. The SMILES string of the molecule is COc1cccc(N2C(=O)N(c3ccc(Cl)cc3)C3CS(=O)(=O)CC32)c1. The highest BCUT2D eigenvalue weighted by atomic mass is 35.5. The van der Waals surface area contributed by atoms with Crippen molar-refractivity contribution >= 4 is 38.8 Å². The smallest absolute Gasteiger partial charge is 0.329 e. The van der Waals surface area contributed by atoms with Crippen LogP contribution in [0.5, 0.6) is 5.75 Å². The van der Waals surface area contributed by atoms with E-state index in [1.165, 1.54) is 0 Å². The molecular weight excluding hydrogens is 376 g/mol. The van der Waals surface area contributed by atoms with E-state index in [2.05, 4.69) is 0 Å². The third kappa shape index (κ3) is 2.81. The van der Waals surface area contributed by atoms with Crippen LogP contribution >= 0.6 is 11.6 Å². The van der Waals surface area contributed by atoms with E-state index in [1.807, 2.05) is 0 Å². The summed E-state index contributed by atoms with van der Waals surface area (Å²) in [7, 11) is -1.68. The van der Waals surface area contributed by atoms with Crippen LogP contribution in [0.3, 0.4) is 0 Å². The molecule has 2 aromatic rings. The zero-order valence-corrected chi connectivity index (χ0v) is 15.6. The molecule has 2 aromatic carbocycles. The number of rotatable bonds is 3. The van der Waals surface area contributed by atoms with Crippen molar-refractivity contribution in [3.8, 4) is 5.75 Å². The number of hydrogen-bond donors (Lipinski definition) is 0. The van der Waals surface area contributed by atoms with Gasteiger partial charge in [0.2, 0.25) is 0 Å². The molecule has 2 amide bonds. The summed E-state index contributed by atoms with van der Waals surface area (Å²) in [5.41, 5.74) is 1.26. The van der Waals surface area contributed by atoms with E-state index in [4.69, 9.17) is 16.3 Å². The molecule has 2 unspecified atom stereocenters. The maximum Gasteiger partial charge on any atom is 0.329 e. The van der Waals surface area contributed by atoms with E-state index in [0.29, 0.717) is 22.1 Å². The first-order valence-electron chi connectivity index (χ1n) is 8.12. The third-order valence-corrected chi connectivity index (χ3v) is 6.76. The Morgan fingerprint density at radius 1 is 1.00 bits per heavy atom. The number of urea groups is 1. The van der Waals surface area contributed by atoms with Gasteiger partial charge in [-0.3, -0.25) is 9.80 Å². The van der Waals surface area contributed by atoms with E-state index in [1.54, 1.807) is 65.4 Å².